The predicted molar refractivity (Wildman–Crippen MR) is 312 cm³/mol. The van der Waals surface area contributed by atoms with Crippen LogP contribution in [0, 0.1) is 32.5 Å². The van der Waals surface area contributed by atoms with Gasteiger partial charge >= 0.3 is 13.6 Å². The van der Waals surface area contributed by atoms with E-state index in [1.807, 2.05) is 20.8 Å². The molecule has 0 spiro atoms. The number of carboxylic acid groups (broad SMARTS) is 1. The maximum absolute atomic E-state index is 10.9. The zero-order chi connectivity index (χ0) is 57.4. The molecule has 0 amide bonds. The van der Waals surface area contributed by atoms with Crippen LogP contribution in [0.5, 0.6) is 0 Å². The van der Waals surface area contributed by atoms with E-state index in [0.29, 0.717) is 18.7 Å². The summed E-state index contributed by atoms with van der Waals surface area (Å²) < 4.78 is 40.6. The monoisotopic (exact) mass is 1130 g/mol. The van der Waals surface area contributed by atoms with E-state index in [9.17, 15) is 27.4 Å². The number of carbonyl (C=O) groups excluding carboxylic acids is 2. The van der Waals surface area contributed by atoms with Crippen LogP contribution in [0.25, 0.3) is 0 Å². The largest absolute Gasteiger partial charge is 0.480 e. The quantitative estimate of drug-likeness (QED) is 0.0624. The third-order valence-electron chi connectivity index (χ3n) is 7.53. The highest BCUT2D eigenvalue weighted by molar-refractivity contribution is 7.85. The molecular formula is C50H114BN12O11PS. The summed E-state index contributed by atoms with van der Waals surface area (Å²) in [6, 6.07) is 0. The second-order valence-electron chi connectivity index (χ2n) is 25.8. The third-order valence-corrected chi connectivity index (χ3v) is 10.1. The van der Waals surface area contributed by atoms with Crippen LogP contribution in [-0.2, 0) is 61.4 Å². The third kappa shape index (κ3) is 72.2. The summed E-state index contributed by atoms with van der Waals surface area (Å²) in [4.78, 5) is 49.7. The first kappa shape index (κ1) is 91.5. The second-order valence-corrected chi connectivity index (χ2v) is 28.9. The van der Waals surface area contributed by atoms with E-state index < -0.39 is 23.7 Å². The van der Waals surface area contributed by atoms with Gasteiger partial charge < -0.3 is 24.7 Å². The van der Waals surface area contributed by atoms with Crippen LogP contribution >= 0.6 is 7.60 Å². The van der Waals surface area contributed by atoms with E-state index in [0.717, 1.165) is 29.3 Å². The Morgan fingerprint density at radius 2 is 1.04 bits per heavy atom. The van der Waals surface area contributed by atoms with Crippen molar-refractivity contribution in [3.63, 3.8) is 0 Å². The summed E-state index contributed by atoms with van der Waals surface area (Å²) in [6.45, 7) is 46.6. The molecule has 26 heteroatoms. The average Bonchev–Trinajstić information content (AvgIpc) is 3.79. The van der Waals surface area contributed by atoms with Crippen LogP contribution in [0.3, 0.4) is 0 Å². The van der Waals surface area contributed by atoms with Gasteiger partial charge in [-0.15, -0.1) is 25.5 Å². The Balaban J connectivity index is -0.0000000988. The molecule has 0 aliphatic carbocycles. The molecule has 0 saturated carbocycles. The molecule has 0 radical (unpaired) electrons. The molecule has 23 nitrogen and oxygen atoms in total. The number of hydrogen-bond donors (Lipinski definition) is 6. The predicted octanol–water partition coefficient (Wildman–Crippen LogP) is 10.7. The first-order valence-corrected chi connectivity index (χ1v) is 26.6. The summed E-state index contributed by atoms with van der Waals surface area (Å²) in [5.41, 5.74) is -0.0113. The Labute approximate surface area is 462 Å². The van der Waals surface area contributed by atoms with E-state index in [1.165, 1.54) is 6.92 Å². The fraction of sp³-hybridized carbons (Fsp3) is 0.880. The number of hydrogen-bond acceptors (Lipinski definition) is 16. The summed E-state index contributed by atoms with van der Waals surface area (Å²) in [5, 5.41) is 53.6. The van der Waals surface area contributed by atoms with Gasteiger partial charge in [0.25, 0.3) is 17.0 Å². The van der Waals surface area contributed by atoms with Gasteiger partial charge in [-0.3, -0.25) is 18.7 Å². The van der Waals surface area contributed by atoms with Crippen LogP contribution in [-0.4, -0.2) is 130 Å². The summed E-state index contributed by atoms with van der Waals surface area (Å²) in [5.74, 6) is 1.33. The normalized spacial score (nSPS) is 11.4. The Hall–Kier alpha value is -3.90. The fourth-order valence-electron chi connectivity index (χ4n) is 4.81. The van der Waals surface area contributed by atoms with Crippen molar-refractivity contribution in [1.82, 2.24) is 61.0 Å². The number of nitrogens with one attached hydrogen (secondary N) is 1. The molecule has 0 aliphatic heterocycles. The van der Waals surface area contributed by atoms with E-state index in [4.69, 9.17) is 24.5 Å². The van der Waals surface area contributed by atoms with Crippen molar-refractivity contribution in [3.8, 4) is 0 Å². The Bertz CT molecular complexity index is 2110. The van der Waals surface area contributed by atoms with Gasteiger partial charge in [0.2, 0.25) is 0 Å². The minimum absolute atomic E-state index is 0. The lowest BCUT2D eigenvalue weighted by atomic mass is 9.50. The molecular weight excluding hydrogens is 1020 g/mol. The van der Waals surface area contributed by atoms with Crippen molar-refractivity contribution in [3.05, 3.63) is 17.5 Å². The summed E-state index contributed by atoms with van der Waals surface area (Å²) in [6.07, 6.45) is 2.97. The zero-order valence-electron chi connectivity index (χ0n) is 47.7. The van der Waals surface area contributed by atoms with Crippen LogP contribution in [0.1, 0.15) is 220 Å². The molecule has 76 heavy (non-hydrogen) atoms. The van der Waals surface area contributed by atoms with Gasteiger partial charge in [0, 0.05) is 25.7 Å². The number of aromatic amines is 1. The summed E-state index contributed by atoms with van der Waals surface area (Å²) >= 11 is 0. The topological polar surface area (TPSA) is 345 Å². The molecule has 0 bridgehead atoms. The molecule has 3 aromatic heterocycles. The summed E-state index contributed by atoms with van der Waals surface area (Å²) in [7, 11) is -7.57. The minimum atomic E-state index is -3.79. The molecule has 3 heterocycles. The number of Topliss-reactive ketones (excluding diaryl/α,β-unsaturated/α-hetero) is 2. The minimum Gasteiger partial charge on any atom is -0.480 e. The molecule has 6 N–H and O–H groups in total. The highest BCUT2D eigenvalue weighted by Crippen LogP contribution is 2.41. The molecule has 0 fully saturated rings. The number of ketones is 2. The number of aliphatic carboxylic acids is 1. The number of H-pyrrole nitrogens is 1. The first-order chi connectivity index (χ1) is 31.1. The van der Waals surface area contributed by atoms with Gasteiger partial charge in [-0.25, -0.2) is 4.68 Å². The van der Waals surface area contributed by atoms with Crippen LogP contribution < -0.4 is 0 Å². The lowest BCUT2D eigenvalue weighted by Gasteiger charge is -2.17. The molecule has 0 aromatic carbocycles. The van der Waals surface area contributed by atoms with Gasteiger partial charge in [0.1, 0.15) is 12.3 Å². The lowest BCUT2D eigenvalue weighted by Crippen LogP contribution is -2.20. The van der Waals surface area contributed by atoms with Crippen molar-refractivity contribution in [2.45, 2.75) is 247 Å². The van der Waals surface area contributed by atoms with Crippen LogP contribution in [0.15, 0.2) is 0 Å². The van der Waals surface area contributed by atoms with E-state index in [1.54, 1.807) is 60.0 Å². The molecule has 0 atom stereocenters. The van der Waals surface area contributed by atoms with Crippen molar-refractivity contribution in [2.24, 2.45) is 32.5 Å². The highest BCUT2D eigenvalue weighted by atomic mass is 32.2. The zero-order valence-corrected chi connectivity index (χ0v) is 49.4. The molecule has 0 aliphatic rings. The van der Waals surface area contributed by atoms with Gasteiger partial charge in [0.05, 0.1) is 11.9 Å². The van der Waals surface area contributed by atoms with Crippen molar-refractivity contribution in [2.75, 3.05) is 11.9 Å². The fourth-order valence-corrected chi connectivity index (χ4v) is 7.14. The molecule has 3 rings (SSSR count). The number of carboxylic acids is 1. The van der Waals surface area contributed by atoms with Gasteiger partial charge in [-0.05, 0) is 67.3 Å². The Morgan fingerprint density at radius 3 is 1.28 bits per heavy atom. The van der Waals surface area contributed by atoms with Crippen LogP contribution in [0.4, 0.5) is 0 Å². The number of rotatable bonds is 10. The number of carbonyl (C=O) groups is 3. The molecule has 0 saturated heterocycles. The maximum Gasteiger partial charge on any atom is 0.327 e. The standard InChI is InChI=1S/C9H16N4O.C8H14N4O2.C7H14O.C6H12N4.C5H13BO.C5H13O3P.C5H12O3S.5CH4/c1-7(14)6-13-8(10-11-12-13)5-9(2,3)4;1-8(2,3)4-6-9-11-12(10-6)5-7(13)14;1-6(8)5-7(2,3)4;1-6(2,3)4-5-7-9-10-8-5;1-5(2,3)6(4)7;2*1-5(2,3)4-9(6,7)8;;;;;/h5-6H2,1-4H3;4-5H2,1-3H3,(H,13,14);5H2,1-4H3;4H2,1-3H3,(H,7,8,9,10);7H,1-4H3;4H2,1-3H3,(H2,6,7,8);4H2,1-3H3,(H,6,7,8);5*1H4. The SMILES string of the molecule is C.C.C.C.C.CB(O)C(C)(C)C.CC(=O)CC(C)(C)C.CC(=O)Cn1nnnc1CC(C)(C)C.CC(C)(C)CP(=O)(O)O.CC(C)(C)CS(=O)(=O)O.CC(C)(C)Cc1nn[nH]n1.CC(C)(C)Cc1nnn(CC(=O)O)n1. The molecule has 3 aromatic rings. The van der Waals surface area contributed by atoms with Gasteiger partial charge in [-0.1, -0.05) is 195 Å². The van der Waals surface area contributed by atoms with E-state index in [-0.39, 0.29) is 118 Å². The molecule has 454 valence electrons. The van der Waals surface area contributed by atoms with E-state index in [2.05, 4.69) is 135 Å². The number of aromatic nitrogens is 12. The number of tetrazole rings is 3. The van der Waals surface area contributed by atoms with Crippen molar-refractivity contribution >= 4 is 42.2 Å². The second kappa shape index (κ2) is 38.6. The van der Waals surface area contributed by atoms with Crippen LogP contribution in [0.2, 0.25) is 12.1 Å². The smallest absolute Gasteiger partial charge is 0.327 e. The van der Waals surface area contributed by atoms with Crippen molar-refractivity contribution < 1.29 is 51.8 Å². The first-order valence-electron chi connectivity index (χ1n) is 23.2. The van der Waals surface area contributed by atoms with E-state index >= 15 is 0 Å². The highest BCUT2D eigenvalue weighted by Gasteiger charge is 2.24. The lowest BCUT2D eigenvalue weighted by molar-refractivity contribution is -0.138. The maximum atomic E-state index is 10.9. The Kier molecular flexibility index (Phi) is 46.5. The number of nitrogens with zero attached hydrogens (tertiary/aromatic N) is 11. The molecule has 0 unspecified atom stereocenters. The van der Waals surface area contributed by atoms with Gasteiger partial charge in [0.15, 0.2) is 29.8 Å². The van der Waals surface area contributed by atoms with Crippen molar-refractivity contribution in [1.29, 1.82) is 0 Å². The van der Waals surface area contributed by atoms with Gasteiger partial charge in [-0.2, -0.15) is 18.4 Å². The average molecular weight is 1130 g/mol. The Morgan fingerprint density at radius 1 is 0.618 bits per heavy atom.